The Labute approximate surface area is 129 Å². The van der Waals surface area contributed by atoms with Crippen LogP contribution in [0.15, 0.2) is 71.6 Å². The van der Waals surface area contributed by atoms with Gasteiger partial charge in [0, 0.05) is 15.7 Å². The number of ether oxygens (including phenoxy) is 1. The number of fused-ring (bicyclic) bond motifs is 1. The molecule has 0 aromatic heterocycles. The van der Waals surface area contributed by atoms with Crippen molar-refractivity contribution in [2.75, 3.05) is 0 Å². The lowest BCUT2D eigenvalue weighted by Crippen LogP contribution is -2.08. The molecule has 0 bridgehead atoms. The Morgan fingerprint density at radius 3 is 2.18 bits per heavy atom. The third-order valence-electron chi connectivity index (χ3n) is 3.24. The van der Waals surface area contributed by atoms with E-state index in [9.17, 15) is 13.6 Å². The average Bonchev–Trinajstić information content (AvgIpc) is 2.55. The Morgan fingerprint density at radius 1 is 0.864 bits per heavy atom. The molecule has 0 saturated heterocycles. The molecule has 22 heavy (non-hydrogen) atoms. The predicted octanol–water partition coefficient (Wildman–Crippen LogP) is 3.30. The maximum absolute atomic E-state index is 12.1. The molecule has 5 heteroatoms. The monoisotopic (exact) mass is 311 g/mol. The molecule has 0 spiro atoms. The molecule has 0 aliphatic heterocycles. The van der Waals surface area contributed by atoms with Crippen molar-refractivity contribution in [3.8, 4) is 5.75 Å². The van der Waals surface area contributed by atoms with Gasteiger partial charge < -0.3 is 9.29 Å². The smallest absolute Gasteiger partial charge is 0.343 e. The van der Waals surface area contributed by atoms with Crippen molar-refractivity contribution in [3.63, 3.8) is 0 Å². The Hall–Kier alpha value is -2.50. The standard InChI is InChI=1S/C17H12O4S/c18-17(12-6-2-1-3-7-12)21-15-10-11-16(22(19)20)14-9-5-4-8-13(14)15/h1-11H,(H,19,20)/p-1. The molecule has 0 amide bonds. The second-order valence-electron chi connectivity index (χ2n) is 4.60. The van der Waals surface area contributed by atoms with Gasteiger partial charge in [0.25, 0.3) is 0 Å². The van der Waals surface area contributed by atoms with Crippen LogP contribution in [0.25, 0.3) is 10.8 Å². The van der Waals surface area contributed by atoms with Crippen LogP contribution in [0.5, 0.6) is 5.75 Å². The van der Waals surface area contributed by atoms with Crippen molar-refractivity contribution in [2.24, 2.45) is 0 Å². The maximum Gasteiger partial charge on any atom is 0.343 e. The fourth-order valence-corrected chi connectivity index (χ4v) is 2.75. The van der Waals surface area contributed by atoms with Crippen LogP contribution in [0.3, 0.4) is 0 Å². The minimum atomic E-state index is -2.35. The molecule has 0 radical (unpaired) electrons. The molecule has 3 aromatic carbocycles. The summed E-state index contributed by atoms with van der Waals surface area (Å²) >= 11 is -2.35. The quantitative estimate of drug-likeness (QED) is 0.423. The summed E-state index contributed by atoms with van der Waals surface area (Å²) in [4.78, 5) is 12.3. The highest BCUT2D eigenvalue weighted by molar-refractivity contribution is 7.79. The van der Waals surface area contributed by atoms with Crippen molar-refractivity contribution in [1.29, 1.82) is 0 Å². The summed E-state index contributed by atoms with van der Waals surface area (Å²) in [7, 11) is 0. The molecule has 0 fully saturated rings. The molecule has 1 atom stereocenters. The van der Waals surface area contributed by atoms with Gasteiger partial charge >= 0.3 is 5.97 Å². The van der Waals surface area contributed by atoms with Crippen molar-refractivity contribution < 1.29 is 18.3 Å². The predicted molar refractivity (Wildman–Crippen MR) is 82.5 cm³/mol. The summed E-state index contributed by atoms with van der Waals surface area (Å²) in [5.41, 5.74) is 0.433. The van der Waals surface area contributed by atoms with E-state index in [4.69, 9.17) is 4.74 Å². The number of rotatable bonds is 3. The van der Waals surface area contributed by atoms with E-state index in [0.717, 1.165) is 0 Å². The van der Waals surface area contributed by atoms with Crippen molar-refractivity contribution >= 4 is 27.8 Å². The lowest BCUT2D eigenvalue weighted by atomic mass is 10.1. The molecule has 0 saturated carbocycles. The van der Waals surface area contributed by atoms with Gasteiger partial charge in [-0.1, -0.05) is 42.5 Å². The minimum absolute atomic E-state index is 0.176. The zero-order chi connectivity index (χ0) is 15.5. The molecule has 1 unspecified atom stereocenters. The van der Waals surface area contributed by atoms with Crippen LogP contribution in [-0.2, 0) is 11.1 Å². The number of benzene rings is 3. The van der Waals surface area contributed by atoms with E-state index in [0.29, 0.717) is 22.1 Å². The van der Waals surface area contributed by atoms with Gasteiger partial charge in [0.15, 0.2) is 0 Å². The molecule has 0 aliphatic carbocycles. The van der Waals surface area contributed by atoms with Gasteiger partial charge in [0.05, 0.1) is 5.56 Å². The van der Waals surface area contributed by atoms with Gasteiger partial charge in [0.2, 0.25) is 0 Å². The lowest BCUT2D eigenvalue weighted by Gasteiger charge is -2.13. The third-order valence-corrected chi connectivity index (χ3v) is 3.95. The highest BCUT2D eigenvalue weighted by Crippen LogP contribution is 2.30. The molecule has 3 rings (SSSR count). The molecule has 0 N–H and O–H groups in total. The van der Waals surface area contributed by atoms with Gasteiger partial charge in [-0.2, -0.15) is 0 Å². The number of hydrogen-bond acceptors (Lipinski definition) is 4. The van der Waals surface area contributed by atoms with Crippen LogP contribution in [0.2, 0.25) is 0 Å². The zero-order valence-electron chi connectivity index (χ0n) is 11.4. The fourth-order valence-electron chi connectivity index (χ4n) is 2.21. The topological polar surface area (TPSA) is 66.4 Å². The van der Waals surface area contributed by atoms with E-state index in [1.54, 1.807) is 48.5 Å². The van der Waals surface area contributed by atoms with Gasteiger partial charge in [-0.25, -0.2) is 4.79 Å². The van der Waals surface area contributed by atoms with E-state index < -0.39 is 17.0 Å². The first-order chi connectivity index (χ1) is 10.7. The number of esters is 1. The SMILES string of the molecule is O=C(Oc1ccc(S(=O)[O-])c2ccccc12)c1ccccc1. The van der Waals surface area contributed by atoms with Crippen LogP contribution >= 0.6 is 0 Å². The number of carbonyl (C=O) groups excluding carboxylic acids is 1. The minimum Gasteiger partial charge on any atom is -0.768 e. The third kappa shape index (κ3) is 2.77. The van der Waals surface area contributed by atoms with E-state index in [1.165, 1.54) is 12.1 Å². The summed E-state index contributed by atoms with van der Waals surface area (Å²) in [5, 5.41) is 1.10. The van der Waals surface area contributed by atoms with E-state index in [-0.39, 0.29) is 4.90 Å². The Bertz CT molecular complexity index is 859. The normalized spacial score (nSPS) is 12.0. The van der Waals surface area contributed by atoms with E-state index in [1.807, 2.05) is 6.07 Å². The van der Waals surface area contributed by atoms with E-state index >= 15 is 0 Å². The second-order valence-corrected chi connectivity index (χ2v) is 5.51. The van der Waals surface area contributed by atoms with Crippen LogP contribution in [0, 0.1) is 0 Å². The van der Waals surface area contributed by atoms with Crippen LogP contribution in [-0.4, -0.2) is 14.7 Å². The lowest BCUT2D eigenvalue weighted by molar-refractivity contribution is 0.0737. The Balaban J connectivity index is 2.04. The summed E-state index contributed by atoms with van der Waals surface area (Å²) in [6, 6.07) is 18.5. The van der Waals surface area contributed by atoms with Gasteiger partial charge in [-0.05, 0) is 35.3 Å². The molecular formula is C17H11O4S-. The summed E-state index contributed by atoms with van der Waals surface area (Å²) < 4.78 is 27.9. The summed E-state index contributed by atoms with van der Waals surface area (Å²) in [5.74, 6) is -0.152. The largest absolute Gasteiger partial charge is 0.768 e. The summed E-state index contributed by atoms with van der Waals surface area (Å²) in [6.07, 6.45) is 0. The first-order valence-electron chi connectivity index (χ1n) is 6.55. The number of hydrogen-bond donors (Lipinski definition) is 0. The van der Waals surface area contributed by atoms with E-state index in [2.05, 4.69) is 0 Å². The molecule has 3 aromatic rings. The van der Waals surface area contributed by atoms with Crippen molar-refractivity contribution in [3.05, 3.63) is 72.3 Å². The molecule has 0 aliphatic rings. The molecular weight excluding hydrogens is 300 g/mol. The molecule has 0 heterocycles. The van der Waals surface area contributed by atoms with Crippen LogP contribution < -0.4 is 4.74 Å². The fraction of sp³-hybridized carbons (Fsp3) is 0. The van der Waals surface area contributed by atoms with Gasteiger partial charge in [-0.15, -0.1) is 0 Å². The van der Waals surface area contributed by atoms with Gasteiger partial charge in [0.1, 0.15) is 5.75 Å². The van der Waals surface area contributed by atoms with Gasteiger partial charge in [-0.3, -0.25) is 4.21 Å². The number of carbonyl (C=O) groups is 1. The first-order valence-corrected chi connectivity index (χ1v) is 7.62. The summed E-state index contributed by atoms with van der Waals surface area (Å²) in [6.45, 7) is 0. The molecule has 110 valence electrons. The van der Waals surface area contributed by atoms with Crippen molar-refractivity contribution in [2.45, 2.75) is 4.90 Å². The second kappa shape index (κ2) is 6.09. The highest BCUT2D eigenvalue weighted by atomic mass is 32.2. The van der Waals surface area contributed by atoms with Crippen LogP contribution in [0.4, 0.5) is 0 Å². The first kappa shape index (κ1) is 14.4. The Kier molecular flexibility index (Phi) is 4.00. The van der Waals surface area contributed by atoms with Crippen LogP contribution in [0.1, 0.15) is 10.4 Å². The maximum atomic E-state index is 12.1. The van der Waals surface area contributed by atoms with Crippen molar-refractivity contribution in [1.82, 2.24) is 0 Å². The Morgan fingerprint density at radius 2 is 1.50 bits per heavy atom. The highest BCUT2D eigenvalue weighted by Gasteiger charge is 2.12. The zero-order valence-corrected chi connectivity index (χ0v) is 12.2. The molecule has 4 nitrogen and oxygen atoms in total. The average molecular weight is 311 g/mol.